The van der Waals surface area contributed by atoms with Crippen molar-refractivity contribution in [1.82, 2.24) is 10.2 Å². The third-order valence-corrected chi connectivity index (χ3v) is 6.68. The van der Waals surface area contributed by atoms with E-state index < -0.39 is 0 Å². The van der Waals surface area contributed by atoms with Crippen LogP contribution in [0.4, 0.5) is 5.69 Å². The Balaban J connectivity index is 1.57. The minimum atomic E-state index is -0.148. The number of nitrogens with one attached hydrogen (secondary N) is 2. The van der Waals surface area contributed by atoms with Crippen LogP contribution in [0, 0.1) is 0 Å². The molecular formula is C20H28ClN3O2S. The molecule has 3 rings (SSSR count). The Morgan fingerprint density at radius 2 is 1.89 bits per heavy atom. The Kier molecular flexibility index (Phi) is 7.44. The molecule has 5 nitrogen and oxygen atoms in total. The SMILES string of the molecule is CCC(=O)Nc1cc(Cl)ccc1C(=O)NC1CCN(C2CCSCC2)CC1. The van der Waals surface area contributed by atoms with E-state index in [0.29, 0.717) is 22.7 Å². The highest BCUT2D eigenvalue weighted by Gasteiger charge is 2.27. The Morgan fingerprint density at radius 3 is 2.56 bits per heavy atom. The summed E-state index contributed by atoms with van der Waals surface area (Å²) in [6, 6.07) is 5.89. The molecule has 0 atom stereocenters. The standard InChI is InChI=1S/C20H28ClN3O2S/c1-2-19(25)23-18-13-14(21)3-4-17(18)20(26)22-15-5-9-24(10-6-15)16-7-11-27-12-8-16/h3-4,13,15-16H,2,5-12H2,1H3,(H,22,26)(H,23,25). The Hall–Kier alpha value is -1.24. The number of rotatable bonds is 5. The van der Waals surface area contributed by atoms with Crippen LogP contribution in [-0.4, -0.2) is 53.4 Å². The molecule has 27 heavy (non-hydrogen) atoms. The fourth-order valence-corrected chi connectivity index (χ4v) is 5.03. The number of halogens is 1. The molecule has 148 valence electrons. The molecule has 7 heteroatoms. The first-order valence-electron chi connectivity index (χ1n) is 9.79. The lowest BCUT2D eigenvalue weighted by atomic mass is 10.00. The Labute approximate surface area is 170 Å². The van der Waals surface area contributed by atoms with E-state index in [1.54, 1.807) is 25.1 Å². The van der Waals surface area contributed by atoms with Crippen LogP contribution in [0.3, 0.4) is 0 Å². The molecular weight excluding hydrogens is 382 g/mol. The third-order valence-electron chi connectivity index (χ3n) is 5.39. The number of likely N-dealkylation sites (tertiary alicyclic amines) is 1. The molecule has 1 aromatic carbocycles. The zero-order valence-electron chi connectivity index (χ0n) is 15.8. The number of piperidine rings is 1. The van der Waals surface area contributed by atoms with Crippen LogP contribution in [0.2, 0.25) is 5.02 Å². The number of carbonyl (C=O) groups is 2. The van der Waals surface area contributed by atoms with Gasteiger partial charge in [0.15, 0.2) is 0 Å². The van der Waals surface area contributed by atoms with Crippen molar-refractivity contribution in [3.63, 3.8) is 0 Å². The van der Waals surface area contributed by atoms with Crippen molar-refractivity contribution in [1.29, 1.82) is 0 Å². The number of anilines is 1. The molecule has 0 aliphatic carbocycles. The van der Waals surface area contributed by atoms with Crippen LogP contribution in [0.15, 0.2) is 18.2 Å². The molecule has 0 bridgehead atoms. The average Bonchev–Trinajstić information content (AvgIpc) is 2.69. The predicted octanol–water partition coefficient (Wildman–Crippen LogP) is 3.78. The summed E-state index contributed by atoms with van der Waals surface area (Å²) in [5, 5.41) is 6.42. The van der Waals surface area contributed by atoms with Crippen molar-refractivity contribution in [2.24, 2.45) is 0 Å². The maximum absolute atomic E-state index is 12.8. The third kappa shape index (κ3) is 5.62. The number of thioether (sulfide) groups is 1. The topological polar surface area (TPSA) is 61.4 Å². The van der Waals surface area contributed by atoms with E-state index >= 15 is 0 Å². The molecule has 0 spiro atoms. The second-order valence-corrected chi connectivity index (χ2v) is 8.88. The fraction of sp³-hybridized carbons (Fsp3) is 0.600. The lowest BCUT2D eigenvalue weighted by Gasteiger charge is -2.39. The van der Waals surface area contributed by atoms with E-state index in [0.717, 1.165) is 32.0 Å². The lowest BCUT2D eigenvalue weighted by molar-refractivity contribution is -0.115. The average molecular weight is 410 g/mol. The van der Waals surface area contributed by atoms with Gasteiger partial charge >= 0.3 is 0 Å². The maximum Gasteiger partial charge on any atom is 0.253 e. The fourth-order valence-electron chi connectivity index (χ4n) is 3.78. The van der Waals surface area contributed by atoms with Crippen LogP contribution in [0.25, 0.3) is 0 Å². The van der Waals surface area contributed by atoms with Gasteiger partial charge in [-0.25, -0.2) is 0 Å². The first kappa shape index (κ1) is 20.5. The molecule has 1 aromatic rings. The van der Waals surface area contributed by atoms with E-state index in [1.165, 1.54) is 24.3 Å². The smallest absolute Gasteiger partial charge is 0.253 e. The molecule has 2 heterocycles. The van der Waals surface area contributed by atoms with Gasteiger partial charge in [-0.15, -0.1) is 0 Å². The van der Waals surface area contributed by atoms with Crippen molar-refractivity contribution in [2.75, 3.05) is 29.9 Å². The minimum Gasteiger partial charge on any atom is -0.349 e. The highest BCUT2D eigenvalue weighted by molar-refractivity contribution is 7.99. The molecule has 0 saturated carbocycles. The van der Waals surface area contributed by atoms with Crippen molar-refractivity contribution >= 4 is 40.9 Å². The van der Waals surface area contributed by atoms with Crippen molar-refractivity contribution in [2.45, 2.75) is 51.1 Å². The summed E-state index contributed by atoms with van der Waals surface area (Å²) in [6.45, 7) is 3.86. The summed E-state index contributed by atoms with van der Waals surface area (Å²) in [7, 11) is 0. The quantitative estimate of drug-likeness (QED) is 0.776. The highest BCUT2D eigenvalue weighted by Crippen LogP contribution is 2.25. The van der Waals surface area contributed by atoms with Gasteiger partial charge in [0.1, 0.15) is 0 Å². The van der Waals surface area contributed by atoms with Gasteiger partial charge in [0.2, 0.25) is 5.91 Å². The van der Waals surface area contributed by atoms with Gasteiger partial charge < -0.3 is 15.5 Å². The van der Waals surface area contributed by atoms with Gasteiger partial charge in [0.05, 0.1) is 11.3 Å². The van der Waals surface area contributed by atoms with E-state index in [2.05, 4.69) is 27.3 Å². The zero-order chi connectivity index (χ0) is 19.2. The second-order valence-electron chi connectivity index (χ2n) is 7.22. The number of amides is 2. The summed E-state index contributed by atoms with van der Waals surface area (Å²) in [6.07, 6.45) is 4.87. The van der Waals surface area contributed by atoms with Crippen molar-refractivity contribution in [3.05, 3.63) is 28.8 Å². The van der Waals surface area contributed by atoms with E-state index in [1.807, 2.05) is 0 Å². The molecule has 2 amide bonds. The molecule has 2 fully saturated rings. The second kappa shape index (κ2) is 9.80. The number of benzene rings is 1. The van der Waals surface area contributed by atoms with Gasteiger partial charge in [-0.1, -0.05) is 18.5 Å². The van der Waals surface area contributed by atoms with Gasteiger partial charge in [0.25, 0.3) is 5.91 Å². The van der Waals surface area contributed by atoms with Crippen LogP contribution >= 0.6 is 23.4 Å². The highest BCUT2D eigenvalue weighted by atomic mass is 35.5. The van der Waals surface area contributed by atoms with Gasteiger partial charge in [-0.05, 0) is 55.4 Å². The van der Waals surface area contributed by atoms with Gasteiger partial charge in [-0.2, -0.15) is 11.8 Å². The lowest BCUT2D eigenvalue weighted by Crippen LogP contribution is -2.48. The minimum absolute atomic E-state index is 0.134. The number of hydrogen-bond donors (Lipinski definition) is 2. The van der Waals surface area contributed by atoms with E-state index in [9.17, 15) is 9.59 Å². The molecule has 0 aromatic heterocycles. The molecule has 2 aliphatic heterocycles. The molecule has 2 N–H and O–H groups in total. The largest absolute Gasteiger partial charge is 0.349 e. The summed E-state index contributed by atoms with van der Waals surface area (Å²) >= 11 is 8.09. The molecule has 2 saturated heterocycles. The Morgan fingerprint density at radius 1 is 1.19 bits per heavy atom. The summed E-state index contributed by atoms with van der Waals surface area (Å²) in [4.78, 5) is 27.1. The molecule has 2 aliphatic rings. The maximum atomic E-state index is 12.8. The number of hydrogen-bond acceptors (Lipinski definition) is 4. The normalized spacial score (nSPS) is 19.6. The monoisotopic (exact) mass is 409 g/mol. The number of carbonyl (C=O) groups excluding carboxylic acids is 2. The van der Waals surface area contributed by atoms with E-state index in [-0.39, 0.29) is 17.9 Å². The van der Waals surface area contributed by atoms with Crippen molar-refractivity contribution in [3.8, 4) is 0 Å². The van der Waals surface area contributed by atoms with Crippen LogP contribution < -0.4 is 10.6 Å². The zero-order valence-corrected chi connectivity index (χ0v) is 17.4. The summed E-state index contributed by atoms with van der Waals surface area (Å²) in [5.41, 5.74) is 0.942. The predicted molar refractivity (Wildman–Crippen MR) is 113 cm³/mol. The molecule has 0 radical (unpaired) electrons. The van der Waals surface area contributed by atoms with Crippen LogP contribution in [0.5, 0.6) is 0 Å². The van der Waals surface area contributed by atoms with Gasteiger partial charge in [-0.3, -0.25) is 9.59 Å². The van der Waals surface area contributed by atoms with Gasteiger partial charge in [0, 0.05) is 36.6 Å². The van der Waals surface area contributed by atoms with Crippen LogP contribution in [-0.2, 0) is 4.79 Å². The first-order chi connectivity index (χ1) is 13.1. The molecule has 0 unspecified atom stereocenters. The first-order valence-corrected chi connectivity index (χ1v) is 11.3. The number of nitrogens with zero attached hydrogens (tertiary/aromatic N) is 1. The van der Waals surface area contributed by atoms with Crippen molar-refractivity contribution < 1.29 is 9.59 Å². The van der Waals surface area contributed by atoms with Crippen LogP contribution in [0.1, 0.15) is 49.4 Å². The summed E-state index contributed by atoms with van der Waals surface area (Å²) in [5.74, 6) is 2.25. The summed E-state index contributed by atoms with van der Waals surface area (Å²) < 4.78 is 0. The Bertz CT molecular complexity index is 671. The van der Waals surface area contributed by atoms with E-state index in [4.69, 9.17) is 11.6 Å².